The van der Waals surface area contributed by atoms with Gasteiger partial charge in [0, 0.05) is 11.7 Å². The summed E-state index contributed by atoms with van der Waals surface area (Å²) in [5, 5.41) is 0. The molecule has 1 aliphatic rings. The first kappa shape index (κ1) is 21.2. The van der Waals surface area contributed by atoms with Gasteiger partial charge < -0.3 is 5.73 Å². The molecular weight excluding hydrogens is 344 g/mol. The Hall–Kier alpha value is -1.07. The minimum absolute atomic E-state index is 0.0441. The zero-order chi connectivity index (χ0) is 18.7. The molecule has 0 spiro atoms. The maximum absolute atomic E-state index is 12.7. The van der Waals surface area contributed by atoms with Crippen LogP contribution in [0.1, 0.15) is 89.9 Å². The molecule has 2 rings (SSSR count). The third kappa shape index (κ3) is 8.09. The highest BCUT2D eigenvalue weighted by Crippen LogP contribution is 2.19. The lowest BCUT2D eigenvalue weighted by molar-refractivity contribution is 0.455. The van der Waals surface area contributed by atoms with Gasteiger partial charge in [0.25, 0.3) is 0 Å². The van der Waals surface area contributed by atoms with Crippen molar-refractivity contribution < 1.29 is 8.42 Å². The van der Waals surface area contributed by atoms with Crippen LogP contribution < -0.4 is 10.5 Å². The van der Waals surface area contributed by atoms with E-state index >= 15 is 0 Å². The molecule has 0 atom stereocenters. The molecule has 26 heavy (non-hydrogen) atoms. The van der Waals surface area contributed by atoms with Crippen molar-refractivity contribution >= 4 is 15.7 Å². The van der Waals surface area contributed by atoms with Gasteiger partial charge in [0.15, 0.2) is 0 Å². The number of rotatable bonds is 3. The van der Waals surface area contributed by atoms with E-state index < -0.39 is 10.0 Å². The molecule has 0 saturated heterocycles. The number of nitrogens with two attached hydrogens (primary N) is 1. The van der Waals surface area contributed by atoms with Gasteiger partial charge in [-0.05, 0) is 37.1 Å². The molecule has 148 valence electrons. The summed E-state index contributed by atoms with van der Waals surface area (Å²) in [6.45, 7) is 0. The van der Waals surface area contributed by atoms with Gasteiger partial charge in [-0.1, -0.05) is 77.0 Å². The Morgan fingerprint density at radius 3 is 1.50 bits per heavy atom. The molecule has 0 amide bonds. The first-order valence-electron chi connectivity index (χ1n) is 10.5. The van der Waals surface area contributed by atoms with Gasteiger partial charge in [0.2, 0.25) is 10.0 Å². The second-order valence-electron chi connectivity index (χ2n) is 7.71. The number of nitrogen functional groups attached to an aromatic ring is 1. The van der Waals surface area contributed by atoms with Crippen LogP contribution in [-0.4, -0.2) is 14.5 Å². The Morgan fingerprint density at radius 1 is 0.692 bits per heavy atom. The number of hydrogen-bond acceptors (Lipinski definition) is 3. The van der Waals surface area contributed by atoms with Crippen molar-refractivity contribution in [1.29, 1.82) is 0 Å². The Kier molecular flexibility index (Phi) is 9.48. The summed E-state index contributed by atoms with van der Waals surface area (Å²) in [5.74, 6) is 0. The van der Waals surface area contributed by atoms with E-state index in [0.29, 0.717) is 10.6 Å². The van der Waals surface area contributed by atoms with Crippen LogP contribution in [0, 0.1) is 0 Å². The fourth-order valence-corrected chi connectivity index (χ4v) is 5.05. The first-order valence-corrected chi connectivity index (χ1v) is 11.9. The maximum Gasteiger partial charge on any atom is 0.240 e. The molecular formula is C21H36N2O2S. The predicted octanol–water partition coefficient (Wildman–Crippen LogP) is 5.39. The van der Waals surface area contributed by atoms with Crippen LogP contribution in [0.5, 0.6) is 0 Å². The van der Waals surface area contributed by atoms with E-state index in [9.17, 15) is 8.42 Å². The summed E-state index contributed by atoms with van der Waals surface area (Å²) < 4.78 is 28.3. The van der Waals surface area contributed by atoms with Crippen molar-refractivity contribution in [2.24, 2.45) is 0 Å². The molecule has 0 aromatic heterocycles. The van der Waals surface area contributed by atoms with E-state index in [1.54, 1.807) is 24.3 Å². The molecule has 0 heterocycles. The standard InChI is InChI=1S/C21H36N2O2S/c22-19-15-17-21(18-16-19)26(24,25)23-20-13-11-9-7-5-3-1-2-4-6-8-10-12-14-20/h15-18,20,23H,1-14,22H2. The van der Waals surface area contributed by atoms with E-state index in [4.69, 9.17) is 5.73 Å². The number of nitrogens with one attached hydrogen (secondary N) is 1. The zero-order valence-electron chi connectivity index (χ0n) is 16.1. The van der Waals surface area contributed by atoms with Crippen LogP contribution in [0.2, 0.25) is 0 Å². The van der Waals surface area contributed by atoms with E-state index in [1.165, 1.54) is 64.2 Å². The van der Waals surface area contributed by atoms with E-state index in [1.807, 2.05) is 0 Å². The smallest absolute Gasteiger partial charge is 0.240 e. The molecule has 0 radical (unpaired) electrons. The third-order valence-electron chi connectivity index (χ3n) is 5.37. The summed E-state index contributed by atoms with van der Waals surface area (Å²) >= 11 is 0. The summed E-state index contributed by atoms with van der Waals surface area (Å²) in [6, 6.07) is 6.51. The molecule has 0 bridgehead atoms. The summed E-state index contributed by atoms with van der Waals surface area (Å²) in [7, 11) is -3.47. The van der Waals surface area contributed by atoms with Crippen LogP contribution in [0.15, 0.2) is 29.2 Å². The van der Waals surface area contributed by atoms with Crippen molar-refractivity contribution in [1.82, 2.24) is 4.72 Å². The Balaban J connectivity index is 1.92. The van der Waals surface area contributed by atoms with Gasteiger partial charge in [-0.15, -0.1) is 0 Å². The highest BCUT2D eigenvalue weighted by Gasteiger charge is 2.19. The topological polar surface area (TPSA) is 72.2 Å². The zero-order valence-corrected chi connectivity index (χ0v) is 16.9. The fraction of sp³-hybridized carbons (Fsp3) is 0.714. The number of hydrogen-bond donors (Lipinski definition) is 2. The van der Waals surface area contributed by atoms with Crippen molar-refractivity contribution in [3.8, 4) is 0 Å². The van der Waals surface area contributed by atoms with Crippen LogP contribution in [-0.2, 0) is 10.0 Å². The normalized spacial score (nSPS) is 20.2. The number of benzene rings is 1. The maximum atomic E-state index is 12.7. The molecule has 1 aromatic carbocycles. The summed E-state index contributed by atoms with van der Waals surface area (Å²) in [6.07, 6.45) is 17.2. The average Bonchev–Trinajstić information content (AvgIpc) is 2.62. The molecule has 1 fully saturated rings. The van der Waals surface area contributed by atoms with Gasteiger partial charge in [-0.2, -0.15) is 0 Å². The first-order chi connectivity index (χ1) is 12.6. The second kappa shape index (κ2) is 11.6. The van der Waals surface area contributed by atoms with Gasteiger partial charge in [-0.25, -0.2) is 13.1 Å². The molecule has 4 nitrogen and oxygen atoms in total. The van der Waals surface area contributed by atoms with Crippen molar-refractivity contribution in [2.45, 2.75) is 101 Å². The Labute approximate surface area is 160 Å². The van der Waals surface area contributed by atoms with E-state index in [-0.39, 0.29) is 6.04 Å². The summed E-state index contributed by atoms with van der Waals surface area (Å²) in [4.78, 5) is 0.308. The monoisotopic (exact) mass is 380 g/mol. The lowest BCUT2D eigenvalue weighted by atomic mass is 10.0. The SMILES string of the molecule is Nc1ccc(S(=O)(=O)NC2CCCCCCCCCCCCCC2)cc1. The van der Waals surface area contributed by atoms with Gasteiger partial charge >= 0.3 is 0 Å². The van der Waals surface area contributed by atoms with Crippen LogP contribution in [0.25, 0.3) is 0 Å². The fourth-order valence-electron chi connectivity index (χ4n) is 3.75. The Bertz CT molecular complexity index is 583. The van der Waals surface area contributed by atoms with Gasteiger partial charge in [-0.3, -0.25) is 0 Å². The number of anilines is 1. The largest absolute Gasteiger partial charge is 0.399 e. The van der Waals surface area contributed by atoms with Crippen LogP contribution in [0.4, 0.5) is 5.69 Å². The Morgan fingerprint density at radius 2 is 1.08 bits per heavy atom. The molecule has 1 aromatic rings. The highest BCUT2D eigenvalue weighted by atomic mass is 32.2. The summed E-state index contributed by atoms with van der Waals surface area (Å²) in [5.41, 5.74) is 6.25. The van der Waals surface area contributed by atoms with E-state index in [0.717, 1.165) is 25.7 Å². The third-order valence-corrected chi connectivity index (χ3v) is 6.90. The van der Waals surface area contributed by atoms with Crippen molar-refractivity contribution in [2.75, 3.05) is 5.73 Å². The lowest BCUT2D eigenvalue weighted by Crippen LogP contribution is -2.34. The van der Waals surface area contributed by atoms with Gasteiger partial charge in [0.05, 0.1) is 4.90 Å². The minimum Gasteiger partial charge on any atom is -0.399 e. The van der Waals surface area contributed by atoms with Gasteiger partial charge in [0.1, 0.15) is 0 Å². The highest BCUT2D eigenvalue weighted by molar-refractivity contribution is 7.89. The van der Waals surface area contributed by atoms with Crippen molar-refractivity contribution in [3.63, 3.8) is 0 Å². The molecule has 5 heteroatoms. The predicted molar refractivity (Wildman–Crippen MR) is 110 cm³/mol. The average molecular weight is 381 g/mol. The second-order valence-corrected chi connectivity index (χ2v) is 9.42. The lowest BCUT2D eigenvalue weighted by Gasteiger charge is -2.19. The molecule has 1 saturated carbocycles. The van der Waals surface area contributed by atoms with Crippen LogP contribution >= 0.6 is 0 Å². The minimum atomic E-state index is -3.47. The molecule has 0 unspecified atom stereocenters. The van der Waals surface area contributed by atoms with Crippen LogP contribution in [0.3, 0.4) is 0 Å². The molecule has 1 aliphatic carbocycles. The molecule has 0 aliphatic heterocycles. The quantitative estimate of drug-likeness (QED) is 0.690. The molecule has 3 N–H and O–H groups in total. The van der Waals surface area contributed by atoms with E-state index in [2.05, 4.69) is 4.72 Å². The van der Waals surface area contributed by atoms with Crippen molar-refractivity contribution in [3.05, 3.63) is 24.3 Å². The number of sulfonamides is 1.